The Morgan fingerprint density at radius 2 is 2.13 bits per heavy atom. The number of carboxylic acid groups (broad SMARTS) is 1. The Hall–Kier alpha value is -2.37. The molecule has 0 aliphatic carbocycles. The molecule has 1 heterocycles. The molecule has 0 saturated heterocycles. The predicted octanol–water partition coefficient (Wildman–Crippen LogP) is 1.77. The van der Waals surface area contributed by atoms with Crippen molar-refractivity contribution in [2.24, 2.45) is 0 Å². The minimum Gasteiger partial charge on any atom is -0.477 e. The van der Waals surface area contributed by atoms with Crippen molar-refractivity contribution < 1.29 is 14.8 Å². The summed E-state index contributed by atoms with van der Waals surface area (Å²) >= 11 is 0. The van der Waals surface area contributed by atoms with E-state index in [-0.39, 0.29) is 5.56 Å². The second-order valence-electron chi connectivity index (χ2n) is 2.96. The van der Waals surface area contributed by atoms with Gasteiger partial charge in [-0.1, -0.05) is 0 Å². The minimum absolute atomic E-state index is 0.279. The van der Waals surface area contributed by atoms with Crippen LogP contribution >= 0.6 is 0 Å². The summed E-state index contributed by atoms with van der Waals surface area (Å²) < 4.78 is 0. The van der Waals surface area contributed by atoms with E-state index in [9.17, 15) is 14.9 Å². The molecule has 0 saturated carbocycles. The molecule has 0 amide bonds. The van der Waals surface area contributed by atoms with E-state index in [1.165, 1.54) is 18.2 Å². The monoisotopic (exact) mass is 206 g/mol. The molecule has 2 aromatic rings. The number of carbonyl (C=O) groups is 1. The first-order chi connectivity index (χ1) is 7.11. The Morgan fingerprint density at radius 1 is 1.40 bits per heavy atom. The molecule has 2 rings (SSSR count). The number of nitro benzene ring substituents is 1. The van der Waals surface area contributed by atoms with E-state index >= 15 is 0 Å². The van der Waals surface area contributed by atoms with E-state index in [0.717, 1.165) is 0 Å². The molecular formula is C9H6N2O4. The summed E-state index contributed by atoms with van der Waals surface area (Å²) in [5.41, 5.74) is -0.105. The van der Waals surface area contributed by atoms with Crippen molar-refractivity contribution >= 4 is 22.6 Å². The van der Waals surface area contributed by atoms with Crippen molar-refractivity contribution in [1.29, 1.82) is 0 Å². The first kappa shape index (κ1) is 9.20. The Bertz CT molecular complexity index is 558. The molecule has 2 N–H and O–H groups in total. The van der Waals surface area contributed by atoms with Crippen molar-refractivity contribution in [2.45, 2.75) is 0 Å². The zero-order valence-corrected chi connectivity index (χ0v) is 7.43. The van der Waals surface area contributed by atoms with Gasteiger partial charge in [0.15, 0.2) is 0 Å². The van der Waals surface area contributed by atoms with Gasteiger partial charge in [-0.05, 0) is 12.1 Å². The number of aromatic carboxylic acids is 1. The van der Waals surface area contributed by atoms with Crippen molar-refractivity contribution in [3.8, 4) is 0 Å². The number of rotatable bonds is 2. The molecule has 15 heavy (non-hydrogen) atoms. The van der Waals surface area contributed by atoms with Crippen molar-refractivity contribution in [3.05, 3.63) is 40.1 Å². The summed E-state index contributed by atoms with van der Waals surface area (Å²) in [6.07, 6.45) is 1.54. The van der Waals surface area contributed by atoms with Gasteiger partial charge in [-0.3, -0.25) is 10.1 Å². The molecule has 6 heteroatoms. The molecule has 1 aromatic carbocycles. The SMILES string of the molecule is O=C(O)c1c([N+](=O)[O-])ccc2[nH]ccc12. The van der Waals surface area contributed by atoms with Gasteiger partial charge in [0, 0.05) is 23.2 Å². The quantitative estimate of drug-likeness (QED) is 0.578. The topological polar surface area (TPSA) is 96.2 Å². The lowest BCUT2D eigenvalue weighted by atomic mass is 10.1. The fraction of sp³-hybridized carbons (Fsp3) is 0. The minimum atomic E-state index is -1.30. The molecule has 0 aliphatic heterocycles. The fourth-order valence-electron chi connectivity index (χ4n) is 1.50. The third-order valence-electron chi connectivity index (χ3n) is 2.12. The van der Waals surface area contributed by atoms with Crippen LogP contribution in [0.2, 0.25) is 0 Å². The number of fused-ring (bicyclic) bond motifs is 1. The molecule has 0 fully saturated rings. The molecule has 0 aliphatic rings. The number of carboxylic acids is 1. The molecule has 76 valence electrons. The Kier molecular flexibility index (Phi) is 1.89. The lowest BCUT2D eigenvalue weighted by molar-refractivity contribution is -0.385. The third kappa shape index (κ3) is 1.32. The number of nitrogens with zero attached hydrogens (tertiary/aromatic N) is 1. The summed E-state index contributed by atoms with van der Waals surface area (Å²) in [6, 6.07) is 4.17. The molecule has 6 nitrogen and oxygen atoms in total. The summed E-state index contributed by atoms with van der Waals surface area (Å²) in [7, 11) is 0. The van der Waals surface area contributed by atoms with Crippen LogP contribution in [-0.2, 0) is 0 Å². The van der Waals surface area contributed by atoms with Crippen LogP contribution in [-0.4, -0.2) is 21.0 Å². The maximum atomic E-state index is 10.9. The van der Waals surface area contributed by atoms with Gasteiger partial charge in [-0.15, -0.1) is 0 Å². The number of nitrogens with one attached hydrogen (secondary N) is 1. The van der Waals surface area contributed by atoms with Gasteiger partial charge in [0.25, 0.3) is 5.69 Å². The van der Waals surface area contributed by atoms with Crippen LogP contribution in [0.5, 0.6) is 0 Å². The van der Waals surface area contributed by atoms with Gasteiger partial charge in [0.2, 0.25) is 0 Å². The Labute approximate surface area is 83.3 Å². The number of benzene rings is 1. The standard InChI is InChI=1S/C9H6N2O4/c12-9(13)8-5-3-4-10-6(5)1-2-7(8)11(14)15/h1-4,10H,(H,12,13). The average molecular weight is 206 g/mol. The summed E-state index contributed by atoms with van der Waals surface area (Å²) in [4.78, 5) is 23.6. The van der Waals surface area contributed by atoms with Gasteiger partial charge < -0.3 is 10.1 Å². The maximum absolute atomic E-state index is 10.9. The zero-order chi connectivity index (χ0) is 11.0. The molecule has 0 unspecified atom stereocenters. The zero-order valence-electron chi connectivity index (χ0n) is 7.43. The van der Waals surface area contributed by atoms with Gasteiger partial charge >= 0.3 is 5.97 Å². The molecular weight excluding hydrogens is 200 g/mol. The van der Waals surface area contributed by atoms with Gasteiger partial charge in [-0.2, -0.15) is 0 Å². The first-order valence-electron chi connectivity index (χ1n) is 4.09. The van der Waals surface area contributed by atoms with Crippen LogP contribution in [0.25, 0.3) is 10.9 Å². The van der Waals surface area contributed by atoms with Crippen molar-refractivity contribution in [2.75, 3.05) is 0 Å². The van der Waals surface area contributed by atoms with Gasteiger partial charge in [0.05, 0.1) is 4.92 Å². The highest BCUT2D eigenvalue weighted by molar-refractivity contribution is 6.06. The Balaban J connectivity index is 2.87. The second-order valence-corrected chi connectivity index (χ2v) is 2.96. The lowest BCUT2D eigenvalue weighted by Gasteiger charge is -1.99. The number of hydrogen-bond donors (Lipinski definition) is 2. The largest absolute Gasteiger partial charge is 0.477 e. The second kappa shape index (κ2) is 3.09. The van der Waals surface area contributed by atoms with E-state index in [1.807, 2.05) is 0 Å². The predicted molar refractivity (Wildman–Crippen MR) is 51.9 cm³/mol. The molecule has 0 atom stereocenters. The van der Waals surface area contributed by atoms with Crippen molar-refractivity contribution in [3.63, 3.8) is 0 Å². The number of H-pyrrole nitrogens is 1. The van der Waals surface area contributed by atoms with Crippen LogP contribution < -0.4 is 0 Å². The number of hydrogen-bond acceptors (Lipinski definition) is 3. The highest BCUT2D eigenvalue weighted by Crippen LogP contribution is 2.27. The first-order valence-corrected chi connectivity index (χ1v) is 4.09. The van der Waals surface area contributed by atoms with E-state index < -0.39 is 16.6 Å². The van der Waals surface area contributed by atoms with Gasteiger partial charge in [-0.25, -0.2) is 4.79 Å². The number of aromatic nitrogens is 1. The van der Waals surface area contributed by atoms with Crippen LogP contribution in [0.1, 0.15) is 10.4 Å². The van der Waals surface area contributed by atoms with E-state index in [4.69, 9.17) is 5.11 Å². The van der Waals surface area contributed by atoms with Gasteiger partial charge in [0.1, 0.15) is 5.56 Å². The van der Waals surface area contributed by atoms with E-state index in [2.05, 4.69) is 4.98 Å². The van der Waals surface area contributed by atoms with Crippen LogP contribution in [0, 0.1) is 10.1 Å². The van der Waals surface area contributed by atoms with Crippen LogP contribution in [0.3, 0.4) is 0 Å². The highest BCUT2D eigenvalue weighted by atomic mass is 16.6. The average Bonchev–Trinajstić information content (AvgIpc) is 2.62. The number of nitro groups is 1. The van der Waals surface area contributed by atoms with Crippen molar-refractivity contribution in [1.82, 2.24) is 4.98 Å². The lowest BCUT2D eigenvalue weighted by Crippen LogP contribution is -2.02. The maximum Gasteiger partial charge on any atom is 0.343 e. The number of aromatic amines is 1. The fourth-order valence-corrected chi connectivity index (χ4v) is 1.50. The normalized spacial score (nSPS) is 10.4. The summed E-state index contributed by atoms with van der Waals surface area (Å²) in [5.74, 6) is -1.30. The smallest absolute Gasteiger partial charge is 0.343 e. The van der Waals surface area contributed by atoms with E-state index in [1.54, 1.807) is 6.20 Å². The van der Waals surface area contributed by atoms with Crippen LogP contribution in [0.4, 0.5) is 5.69 Å². The molecule has 0 bridgehead atoms. The molecule has 0 radical (unpaired) electrons. The summed E-state index contributed by atoms with van der Waals surface area (Å²) in [6.45, 7) is 0. The molecule has 0 spiro atoms. The Morgan fingerprint density at radius 3 is 2.73 bits per heavy atom. The third-order valence-corrected chi connectivity index (χ3v) is 2.12. The molecule has 1 aromatic heterocycles. The van der Waals surface area contributed by atoms with E-state index in [0.29, 0.717) is 10.9 Å². The highest BCUT2D eigenvalue weighted by Gasteiger charge is 2.22. The summed E-state index contributed by atoms with van der Waals surface area (Å²) in [5, 5.41) is 19.9. The van der Waals surface area contributed by atoms with Crippen LogP contribution in [0.15, 0.2) is 24.4 Å².